The number of nitrogens with zero attached hydrogens (tertiary/aromatic N) is 1. The summed E-state index contributed by atoms with van der Waals surface area (Å²) in [5.74, 6) is -1.04. The van der Waals surface area contributed by atoms with E-state index in [2.05, 4.69) is 12.6 Å². The third-order valence-electron chi connectivity index (χ3n) is 1.77. The quantitative estimate of drug-likeness (QED) is 0.524. The first-order valence-corrected chi connectivity index (χ1v) is 4.44. The number of amides is 2. The summed E-state index contributed by atoms with van der Waals surface area (Å²) in [5.41, 5.74) is 10.5. The molecule has 0 saturated carbocycles. The van der Waals surface area contributed by atoms with E-state index in [1.807, 2.05) is 0 Å². The van der Waals surface area contributed by atoms with Gasteiger partial charge in [0, 0.05) is 11.8 Å². The smallest absolute Gasteiger partial charge is 0.247 e. The number of hydrogen-bond donors (Lipinski definition) is 3. The molecule has 0 saturated heterocycles. The SMILES string of the molecule is NC(=O)CN1C=CC=C(C(N)=O)C1S. The molecular formula is C8H11N3O2S. The minimum absolute atomic E-state index is 0.00921. The summed E-state index contributed by atoms with van der Waals surface area (Å²) in [6.07, 6.45) is 4.82. The molecule has 0 aliphatic carbocycles. The molecule has 0 aromatic heterocycles. The van der Waals surface area contributed by atoms with Crippen LogP contribution < -0.4 is 11.5 Å². The van der Waals surface area contributed by atoms with E-state index in [9.17, 15) is 9.59 Å². The van der Waals surface area contributed by atoms with Crippen molar-refractivity contribution in [3.8, 4) is 0 Å². The van der Waals surface area contributed by atoms with Crippen LogP contribution in [0.4, 0.5) is 0 Å². The second-order valence-electron chi connectivity index (χ2n) is 2.84. The summed E-state index contributed by atoms with van der Waals surface area (Å²) in [4.78, 5) is 23.1. The van der Waals surface area contributed by atoms with E-state index in [1.165, 1.54) is 4.90 Å². The maximum atomic E-state index is 10.9. The summed E-state index contributed by atoms with van der Waals surface area (Å²) in [6.45, 7) is 0.00921. The van der Waals surface area contributed by atoms with Gasteiger partial charge in [0.05, 0.1) is 6.54 Å². The Bertz CT molecular complexity index is 325. The van der Waals surface area contributed by atoms with E-state index in [0.29, 0.717) is 5.57 Å². The molecule has 1 aliphatic rings. The van der Waals surface area contributed by atoms with Crippen molar-refractivity contribution >= 4 is 24.4 Å². The molecule has 0 fully saturated rings. The van der Waals surface area contributed by atoms with Crippen LogP contribution in [-0.2, 0) is 9.59 Å². The Labute approximate surface area is 86.8 Å². The molecule has 6 heteroatoms. The summed E-state index contributed by atoms with van der Waals surface area (Å²) < 4.78 is 0. The predicted octanol–water partition coefficient (Wildman–Crippen LogP) is -1.03. The lowest BCUT2D eigenvalue weighted by Crippen LogP contribution is -2.39. The molecule has 4 N–H and O–H groups in total. The average Bonchev–Trinajstić information content (AvgIpc) is 2.07. The zero-order valence-corrected chi connectivity index (χ0v) is 8.28. The molecule has 76 valence electrons. The molecule has 0 aromatic rings. The van der Waals surface area contributed by atoms with Crippen LogP contribution in [0.25, 0.3) is 0 Å². The first kappa shape index (κ1) is 10.6. The van der Waals surface area contributed by atoms with Crippen molar-refractivity contribution in [2.45, 2.75) is 5.37 Å². The zero-order chi connectivity index (χ0) is 10.7. The molecule has 1 atom stereocenters. The maximum absolute atomic E-state index is 10.9. The van der Waals surface area contributed by atoms with Crippen LogP contribution in [0.1, 0.15) is 0 Å². The van der Waals surface area contributed by atoms with Gasteiger partial charge in [-0.3, -0.25) is 9.59 Å². The zero-order valence-electron chi connectivity index (χ0n) is 7.38. The molecule has 1 unspecified atom stereocenters. The fourth-order valence-corrected chi connectivity index (χ4v) is 1.50. The minimum atomic E-state index is -0.552. The molecule has 0 bridgehead atoms. The maximum Gasteiger partial charge on any atom is 0.247 e. The second-order valence-corrected chi connectivity index (χ2v) is 3.33. The number of primary amides is 2. The first-order chi connectivity index (χ1) is 6.52. The third kappa shape index (κ3) is 2.29. The van der Waals surface area contributed by atoms with Crippen molar-refractivity contribution in [3.05, 3.63) is 23.9 Å². The first-order valence-electron chi connectivity index (χ1n) is 3.92. The van der Waals surface area contributed by atoms with Crippen molar-refractivity contribution < 1.29 is 9.59 Å². The Morgan fingerprint density at radius 1 is 1.50 bits per heavy atom. The van der Waals surface area contributed by atoms with Crippen LogP contribution in [0, 0.1) is 0 Å². The van der Waals surface area contributed by atoms with Gasteiger partial charge in [-0.15, -0.1) is 12.6 Å². The Hall–Kier alpha value is -1.43. The van der Waals surface area contributed by atoms with Crippen LogP contribution in [0.5, 0.6) is 0 Å². The molecular weight excluding hydrogens is 202 g/mol. The number of hydrogen-bond acceptors (Lipinski definition) is 4. The fraction of sp³-hybridized carbons (Fsp3) is 0.250. The van der Waals surface area contributed by atoms with Gasteiger partial charge in [0.2, 0.25) is 11.8 Å². The molecule has 14 heavy (non-hydrogen) atoms. The van der Waals surface area contributed by atoms with Crippen molar-refractivity contribution in [2.24, 2.45) is 11.5 Å². The van der Waals surface area contributed by atoms with Gasteiger partial charge in [-0.1, -0.05) is 0 Å². The van der Waals surface area contributed by atoms with Crippen LogP contribution >= 0.6 is 12.6 Å². The highest BCUT2D eigenvalue weighted by atomic mass is 32.1. The molecule has 1 aliphatic heterocycles. The van der Waals surface area contributed by atoms with Crippen LogP contribution in [0.3, 0.4) is 0 Å². The molecule has 5 nitrogen and oxygen atoms in total. The van der Waals surface area contributed by atoms with E-state index in [1.54, 1.807) is 18.4 Å². The van der Waals surface area contributed by atoms with E-state index < -0.39 is 17.2 Å². The molecule has 0 radical (unpaired) electrons. The number of allylic oxidation sites excluding steroid dienone is 2. The highest BCUT2D eigenvalue weighted by molar-refractivity contribution is 7.81. The summed E-state index contributed by atoms with van der Waals surface area (Å²) in [7, 11) is 0. The molecule has 2 amide bonds. The van der Waals surface area contributed by atoms with Gasteiger partial charge in [-0.05, 0) is 12.2 Å². The number of carbonyl (C=O) groups is 2. The summed E-state index contributed by atoms with van der Waals surface area (Å²) in [5, 5.41) is -0.509. The largest absolute Gasteiger partial charge is 0.368 e. The van der Waals surface area contributed by atoms with Crippen LogP contribution in [0.2, 0.25) is 0 Å². The fourth-order valence-electron chi connectivity index (χ4n) is 1.13. The standard InChI is InChI=1S/C8H11N3O2S/c9-6(12)4-11-3-1-2-5(7(10)13)8(11)14/h1-3,8,14H,4H2,(H2,9,12)(H2,10,13). The number of carbonyl (C=O) groups excluding carboxylic acids is 2. The Kier molecular flexibility index (Phi) is 3.19. The average molecular weight is 213 g/mol. The lowest BCUT2D eigenvalue weighted by atomic mass is 10.1. The summed E-state index contributed by atoms with van der Waals surface area (Å²) in [6, 6.07) is 0. The van der Waals surface area contributed by atoms with Gasteiger partial charge >= 0.3 is 0 Å². The van der Waals surface area contributed by atoms with E-state index in [-0.39, 0.29) is 6.54 Å². The third-order valence-corrected chi connectivity index (χ3v) is 2.34. The predicted molar refractivity (Wildman–Crippen MR) is 55.1 cm³/mol. The van der Waals surface area contributed by atoms with Gasteiger partial charge in [0.1, 0.15) is 5.37 Å². The lowest BCUT2D eigenvalue weighted by Gasteiger charge is -2.28. The Morgan fingerprint density at radius 3 is 2.64 bits per heavy atom. The van der Waals surface area contributed by atoms with Gasteiger partial charge < -0.3 is 16.4 Å². The van der Waals surface area contributed by atoms with Gasteiger partial charge in [-0.2, -0.15) is 0 Å². The van der Waals surface area contributed by atoms with E-state index in [4.69, 9.17) is 11.5 Å². The van der Waals surface area contributed by atoms with Crippen LogP contribution in [-0.4, -0.2) is 28.6 Å². The van der Waals surface area contributed by atoms with Crippen LogP contribution in [0.15, 0.2) is 23.9 Å². The van der Waals surface area contributed by atoms with E-state index in [0.717, 1.165) is 0 Å². The minimum Gasteiger partial charge on any atom is -0.368 e. The Morgan fingerprint density at radius 2 is 2.14 bits per heavy atom. The monoisotopic (exact) mass is 213 g/mol. The van der Waals surface area contributed by atoms with Gasteiger partial charge in [0.25, 0.3) is 0 Å². The van der Waals surface area contributed by atoms with Gasteiger partial charge in [0.15, 0.2) is 0 Å². The van der Waals surface area contributed by atoms with E-state index >= 15 is 0 Å². The molecule has 0 aromatic carbocycles. The van der Waals surface area contributed by atoms with Crippen molar-refractivity contribution in [1.82, 2.24) is 4.90 Å². The highest BCUT2D eigenvalue weighted by Crippen LogP contribution is 2.18. The topological polar surface area (TPSA) is 89.4 Å². The second kappa shape index (κ2) is 4.19. The van der Waals surface area contributed by atoms with Crippen molar-refractivity contribution in [3.63, 3.8) is 0 Å². The number of thiol groups is 1. The highest BCUT2D eigenvalue weighted by Gasteiger charge is 2.22. The Balaban J connectivity index is 2.78. The molecule has 1 heterocycles. The van der Waals surface area contributed by atoms with Crippen molar-refractivity contribution in [1.29, 1.82) is 0 Å². The lowest BCUT2D eigenvalue weighted by molar-refractivity contribution is -0.119. The number of rotatable bonds is 3. The summed E-state index contributed by atoms with van der Waals surface area (Å²) >= 11 is 4.16. The van der Waals surface area contributed by atoms with Gasteiger partial charge in [-0.25, -0.2) is 0 Å². The number of nitrogens with two attached hydrogens (primary N) is 2. The molecule has 1 rings (SSSR count). The van der Waals surface area contributed by atoms with Crippen molar-refractivity contribution in [2.75, 3.05) is 6.54 Å². The normalized spacial score (nSPS) is 20.5. The molecule has 0 spiro atoms.